The Labute approximate surface area is 121 Å². The third-order valence-electron chi connectivity index (χ3n) is 4.74. The van der Waals surface area contributed by atoms with Crippen LogP contribution in [0.25, 0.3) is 0 Å². The molecule has 0 fully saturated rings. The van der Waals surface area contributed by atoms with Crippen molar-refractivity contribution < 1.29 is 14.6 Å². The lowest BCUT2D eigenvalue weighted by atomic mass is 9.84. The molecular weight excluding hydrogens is 252 g/mol. The number of benzene rings is 1. The van der Waals surface area contributed by atoms with Crippen molar-refractivity contribution in [1.29, 1.82) is 0 Å². The second-order valence-electron chi connectivity index (χ2n) is 5.54. The van der Waals surface area contributed by atoms with Gasteiger partial charge in [0.15, 0.2) is 0 Å². The quantitative estimate of drug-likeness (QED) is 0.868. The molecule has 1 heterocycles. The van der Waals surface area contributed by atoms with Crippen LogP contribution in [0.15, 0.2) is 24.3 Å². The molecule has 0 aromatic heterocycles. The van der Waals surface area contributed by atoms with E-state index in [9.17, 15) is 5.11 Å². The molecule has 1 aromatic carbocycles. The Morgan fingerprint density at radius 1 is 1.35 bits per heavy atom. The highest BCUT2D eigenvalue weighted by Crippen LogP contribution is 2.35. The second kappa shape index (κ2) is 6.70. The summed E-state index contributed by atoms with van der Waals surface area (Å²) in [7, 11) is 1.69. The smallest absolute Gasteiger partial charge is 0.0932 e. The van der Waals surface area contributed by atoms with E-state index in [1.165, 1.54) is 11.1 Å². The number of ether oxygens (including phenoxy) is 2. The molecular formula is C17H26O3. The molecule has 0 bridgehead atoms. The molecule has 0 spiro atoms. The number of aliphatic hydroxyl groups excluding tert-OH is 1. The number of aliphatic hydroxyl groups is 1. The summed E-state index contributed by atoms with van der Waals surface area (Å²) in [5, 5.41) is 10.6. The van der Waals surface area contributed by atoms with Gasteiger partial charge in [-0.1, -0.05) is 38.1 Å². The van der Waals surface area contributed by atoms with Crippen molar-refractivity contribution in [3.8, 4) is 0 Å². The number of fused-ring (bicyclic) bond motifs is 1. The zero-order chi connectivity index (χ0) is 14.6. The van der Waals surface area contributed by atoms with E-state index in [0.717, 1.165) is 25.9 Å². The zero-order valence-electron chi connectivity index (χ0n) is 12.8. The van der Waals surface area contributed by atoms with Crippen molar-refractivity contribution in [3.63, 3.8) is 0 Å². The summed E-state index contributed by atoms with van der Waals surface area (Å²) >= 11 is 0. The van der Waals surface area contributed by atoms with E-state index in [4.69, 9.17) is 9.47 Å². The summed E-state index contributed by atoms with van der Waals surface area (Å²) in [6.45, 7) is 4.85. The number of hydrogen-bond donors (Lipinski definition) is 1. The Morgan fingerprint density at radius 2 is 2.05 bits per heavy atom. The van der Waals surface area contributed by atoms with E-state index >= 15 is 0 Å². The highest BCUT2D eigenvalue weighted by atomic mass is 16.5. The molecule has 0 radical (unpaired) electrons. The van der Waals surface area contributed by atoms with Gasteiger partial charge in [-0.3, -0.25) is 0 Å². The minimum atomic E-state index is -0.515. The van der Waals surface area contributed by atoms with Crippen molar-refractivity contribution in [2.75, 3.05) is 13.7 Å². The average Bonchev–Trinajstić information content (AvgIpc) is 2.50. The van der Waals surface area contributed by atoms with Crippen molar-refractivity contribution in [2.45, 2.75) is 57.3 Å². The molecule has 0 amide bonds. The Hall–Kier alpha value is -0.900. The van der Waals surface area contributed by atoms with Gasteiger partial charge in [0.1, 0.15) is 0 Å². The van der Waals surface area contributed by atoms with E-state index < -0.39 is 11.7 Å². The summed E-state index contributed by atoms with van der Waals surface area (Å²) in [5.41, 5.74) is 2.09. The summed E-state index contributed by atoms with van der Waals surface area (Å²) in [4.78, 5) is 0. The third-order valence-corrected chi connectivity index (χ3v) is 4.74. The highest BCUT2D eigenvalue weighted by molar-refractivity contribution is 5.31. The maximum atomic E-state index is 10.6. The van der Waals surface area contributed by atoms with Crippen LogP contribution >= 0.6 is 0 Å². The molecule has 1 aromatic rings. The summed E-state index contributed by atoms with van der Waals surface area (Å²) in [6.07, 6.45) is 2.61. The maximum Gasteiger partial charge on any atom is 0.0932 e. The Balaban J connectivity index is 2.15. The minimum Gasteiger partial charge on any atom is -0.390 e. The van der Waals surface area contributed by atoms with Gasteiger partial charge in [-0.05, 0) is 30.4 Å². The molecule has 3 nitrogen and oxygen atoms in total. The number of rotatable bonds is 6. The lowest BCUT2D eigenvalue weighted by molar-refractivity contribution is -0.126. The maximum absolute atomic E-state index is 10.6. The monoisotopic (exact) mass is 278 g/mol. The molecule has 1 aliphatic heterocycles. The molecule has 0 saturated carbocycles. The first-order valence-corrected chi connectivity index (χ1v) is 7.59. The van der Waals surface area contributed by atoms with E-state index in [2.05, 4.69) is 32.0 Å². The van der Waals surface area contributed by atoms with Crippen LogP contribution < -0.4 is 0 Å². The van der Waals surface area contributed by atoms with Crippen LogP contribution in [0.1, 0.15) is 50.3 Å². The van der Waals surface area contributed by atoms with Gasteiger partial charge in [-0.25, -0.2) is 0 Å². The van der Waals surface area contributed by atoms with Gasteiger partial charge >= 0.3 is 0 Å². The van der Waals surface area contributed by atoms with Gasteiger partial charge < -0.3 is 14.6 Å². The molecule has 2 atom stereocenters. The summed E-state index contributed by atoms with van der Waals surface area (Å²) in [6, 6.07) is 8.37. The van der Waals surface area contributed by atoms with Gasteiger partial charge in [-0.15, -0.1) is 0 Å². The van der Waals surface area contributed by atoms with Crippen LogP contribution in [-0.4, -0.2) is 30.5 Å². The number of methoxy groups -OCH3 is 1. The van der Waals surface area contributed by atoms with Crippen LogP contribution in [-0.2, 0) is 15.9 Å². The SMILES string of the molecule is CCC(CC)(OC)C(O)CC1OCCc2ccccc21. The summed E-state index contributed by atoms with van der Waals surface area (Å²) in [5.74, 6) is 0. The normalized spacial score (nSPS) is 20.5. The van der Waals surface area contributed by atoms with E-state index in [1.54, 1.807) is 7.11 Å². The first-order valence-electron chi connectivity index (χ1n) is 7.59. The predicted molar refractivity (Wildman–Crippen MR) is 79.8 cm³/mol. The van der Waals surface area contributed by atoms with E-state index in [-0.39, 0.29) is 6.10 Å². The standard InChI is InChI=1S/C17H26O3/c1-4-17(5-2,19-3)16(18)12-15-14-9-7-6-8-13(14)10-11-20-15/h6-9,15-16,18H,4-5,10-12H2,1-3H3. The lowest BCUT2D eigenvalue weighted by Crippen LogP contribution is -2.44. The Morgan fingerprint density at radius 3 is 2.70 bits per heavy atom. The molecule has 3 heteroatoms. The first kappa shape index (κ1) is 15.5. The van der Waals surface area contributed by atoms with Gasteiger partial charge in [0, 0.05) is 13.5 Å². The first-order chi connectivity index (χ1) is 9.66. The minimum absolute atomic E-state index is 0.0254. The van der Waals surface area contributed by atoms with Crippen molar-refractivity contribution in [3.05, 3.63) is 35.4 Å². The molecule has 1 N–H and O–H groups in total. The second-order valence-corrected chi connectivity index (χ2v) is 5.54. The van der Waals surface area contributed by atoms with Crippen molar-refractivity contribution >= 4 is 0 Å². The van der Waals surface area contributed by atoms with Crippen molar-refractivity contribution in [2.24, 2.45) is 0 Å². The average molecular weight is 278 g/mol. The molecule has 1 aliphatic rings. The van der Waals surface area contributed by atoms with Crippen LogP contribution in [0.2, 0.25) is 0 Å². The summed E-state index contributed by atoms with van der Waals surface area (Å²) < 4.78 is 11.5. The molecule has 112 valence electrons. The highest BCUT2D eigenvalue weighted by Gasteiger charge is 2.37. The van der Waals surface area contributed by atoms with Gasteiger partial charge in [0.05, 0.1) is 24.4 Å². The van der Waals surface area contributed by atoms with Gasteiger partial charge in [0.2, 0.25) is 0 Å². The molecule has 0 aliphatic carbocycles. The Bertz CT molecular complexity index is 418. The lowest BCUT2D eigenvalue weighted by Gasteiger charge is -2.38. The molecule has 2 rings (SSSR count). The molecule has 0 saturated heterocycles. The van der Waals surface area contributed by atoms with Crippen LogP contribution in [0.5, 0.6) is 0 Å². The molecule has 20 heavy (non-hydrogen) atoms. The third kappa shape index (κ3) is 2.90. The Kier molecular flexibility index (Phi) is 5.19. The van der Waals surface area contributed by atoms with E-state index in [1.807, 2.05) is 6.07 Å². The predicted octanol–water partition coefficient (Wildman–Crippen LogP) is 3.26. The van der Waals surface area contributed by atoms with Crippen LogP contribution in [0.4, 0.5) is 0 Å². The fraction of sp³-hybridized carbons (Fsp3) is 0.647. The zero-order valence-corrected chi connectivity index (χ0v) is 12.8. The van der Waals surface area contributed by atoms with Gasteiger partial charge in [0.25, 0.3) is 0 Å². The van der Waals surface area contributed by atoms with Gasteiger partial charge in [-0.2, -0.15) is 0 Å². The topological polar surface area (TPSA) is 38.7 Å². The fourth-order valence-electron chi connectivity index (χ4n) is 3.24. The fourth-order valence-corrected chi connectivity index (χ4v) is 3.24. The van der Waals surface area contributed by atoms with E-state index in [0.29, 0.717) is 6.42 Å². The largest absolute Gasteiger partial charge is 0.390 e. The van der Waals surface area contributed by atoms with Crippen LogP contribution in [0.3, 0.4) is 0 Å². The number of hydrogen-bond acceptors (Lipinski definition) is 3. The molecule has 2 unspecified atom stereocenters. The van der Waals surface area contributed by atoms with Crippen molar-refractivity contribution in [1.82, 2.24) is 0 Å². The van der Waals surface area contributed by atoms with Crippen LogP contribution in [0, 0.1) is 0 Å².